The second-order valence-electron chi connectivity index (χ2n) is 6.05. The van der Waals surface area contributed by atoms with Gasteiger partial charge in [0.1, 0.15) is 11.5 Å². The molecule has 0 saturated carbocycles. The molecule has 0 saturated heterocycles. The molecule has 1 atom stereocenters. The Bertz CT molecular complexity index is 719. The summed E-state index contributed by atoms with van der Waals surface area (Å²) in [7, 11) is 0. The summed E-state index contributed by atoms with van der Waals surface area (Å²) >= 11 is 9.27. The Morgan fingerprint density at radius 2 is 1.84 bits per heavy atom. The highest BCUT2D eigenvalue weighted by molar-refractivity contribution is 9.10. The van der Waals surface area contributed by atoms with Crippen molar-refractivity contribution < 1.29 is 14.3 Å². The van der Waals surface area contributed by atoms with Crippen molar-refractivity contribution in [3.05, 3.63) is 52.0 Å². The molecule has 1 amide bonds. The molecule has 4 nitrogen and oxygen atoms in total. The van der Waals surface area contributed by atoms with Crippen LogP contribution in [0.25, 0.3) is 0 Å². The van der Waals surface area contributed by atoms with Gasteiger partial charge in [-0.1, -0.05) is 25.4 Å². The Morgan fingerprint density at radius 3 is 2.44 bits per heavy atom. The van der Waals surface area contributed by atoms with E-state index in [0.29, 0.717) is 33.5 Å². The van der Waals surface area contributed by atoms with E-state index in [1.54, 1.807) is 37.3 Å². The molecule has 0 aromatic heterocycles. The van der Waals surface area contributed by atoms with Crippen LogP contribution < -0.4 is 14.8 Å². The van der Waals surface area contributed by atoms with Crippen molar-refractivity contribution in [2.45, 2.75) is 26.9 Å². The maximum Gasteiger partial charge on any atom is 0.265 e. The lowest BCUT2D eigenvalue weighted by Crippen LogP contribution is -2.30. The molecule has 2 aromatic carbocycles. The van der Waals surface area contributed by atoms with Gasteiger partial charge in [0.15, 0.2) is 6.10 Å². The lowest BCUT2D eigenvalue weighted by atomic mass is 10.2. The van der Waals surface area contributed by atoms with Crippen molar-refractivity contribution in [1.29, 1.82) is 0 Å². The lowest BCUT2D eigenvalue weighted by Gasteiger charge is -2.16. The Kier molecular flexibility index (Phi) is 7.14. The highest BCUT2D eigenvalue weighted by Crippen LogP contribution is 2.29. The third kappa shape index (κ3) is 6.25. The smallest absolute Gasteiger partial charge is 0.265 e. The molecule has 0 radical (unpaired) electrons. The van der Waals surface area contributed by atoms with E-state index in [4.69, 9.17) is 21.1 Å². The first-order valence-corrected chi connectivity index (χ1v) is 9.17. The number of carbonyl (C=O) groups excluding carboxylic acids is 1. The van der Waals surface area contributed by atoms with Gasteiger partial charge in [-0.05, 0) is 71.2 Å². The molecule has 0 aliphatic carbocycles. The van der Waals surface area contributed by atoms with Gasteiger partial charge in [-0.2, -0.15) is 0 Å². The molecule has 1 N–H and O–H groups in total. The third-order valence-corrected chi connectivity index (χ3v) is 4.13. The fourth-order valence-electron chi connectivity index (χ4n) is 1.96. The summed E-state index contributed by atoms with van der Waals surface area (Å²) in [6, 6.07) is 12.4. The number of halogens is 2. The zero-order chi connectivity index (χ0) is 18.4. The van der Waals surface area contributed by atoms with Crippen molar-refractivity contribution in [2.75, 3.05) is 11.9 Å². The summed E-state index contributed by atoms with van der Waals surface area (Å²) in [4.78, 5) is 12.3. The minimum atomic E-state index is -0.658. The van der Waals surface area contributed by atoms with Crippen LogP contribution in [0.15, 0.2) is 46.9 Å². The van der Waals surface area contributed by atoms with Gasteiger partial charge in [-0.3, -0.25) is 4.79 Å². The van der Waals surface area contributed by atoms with E-state index in [2.05, 4.69) is 35.1 Å². The molecular formula is C19H21BrClNO3. The van der Waals surface area contributed by atoms with E-state index in [1.165, 1.54) is 0 Å². The number of amides is 1. The summed E-state index contributed by atoms with van der Waals surface area (Å²) < 4.78 is 12.0. The summed E-state index contributed by atoms with van der Waals surface area (Å²) in [6.07, 6.45) is -0.658. The standard InChI is InChI=1S/C19H21BrClNO3/c1-12(2)11-24-16-7-5-15(6-8-16)22-19(23)13(3)25-18-9-4-14(21)10-17(18)20/h4-10,12-13H,11H2,1-3H3,(H,22,23). The molecule has 0 heterocycles. The van der Waals surface area contributed by atoms with Crippen molar-refractivity contribution in [1.82, 2.24) is 0 Å². The molecule has 6 heteroatoms. The van der Waals surface area contributed by atoms with Crippen LogP contribution in [-0.2, 0) is 4.79 Å². The Balaban J connectivity index is 1.92. The molecule has 2 aromatic rings. The first kappa shape index (κ1) is 19.6. The number of benzene rings is 2. The van der Waals surface area contributed by atoms with Crippen LogP contribution in [0.4, 0.5) is 5.69 Å². The normalized spacial score (nSPS) is 11.9. The number of ether oxygens (including phenoxy) is 2. The maximum atomic E-state index is 12.3. The van der Waals surface area contributed by atoms with Gasteiger partial charge in [0.2, 0.25) is 0 Å². The molecule has 0 spiro atoms. The monoisotopic (exact) mass is 425 g/mol. The van der Waals surface area contributed by atoms with Gasteiger partial charge in [0, 0.05) is 10.7 Å². The van der Waals surface area contributed by atoms with Crippen molar-refractivity contribution in [2.24, 2.45) is 5.92 Å². The van der Waals surface area contributed by atoms with E-state index in [-0.39, 0.29) is 5.91 Å². The van der Waals surface area contributed by atoms with Crippen LogP contribution in [0.3, 0.4) is 0 Å². The van der Waals surface area contributed by atoms with E-state index in [0.717, 1.165) is 5.75 Å². The highest BCUT2D eigenvalue weighted by Gasteiger charge is 2.16. The summed E-state index contributed by atoms with van der Waals surface area (Å²) in [5.41, 5.74) is 0.688. The molecule has 2 rings (SSSR count). The Hall–Kier alpha value is -1.72. The number of carbonyl (C=O) groups is 1. The molecule has 1 unspecified atom stereocenters. The number of nitrogens with one attached hydrogen (secondary N) is 1. The molecule has 0 bridgehead atoms. The fraction of sp³-hybridized carbons (Fsp3) is 0.316. The number of anilines is 1. The zero-order valence-corrected chi connectivity index (χ0v) is 16.7. The summed E-state index contributed by atoms with van der Waals surface area (Å²) in [6.45, 7) is 6.53. The number of rotatable bonds is 7. The second kappa shape index (κ2) is 9.11. The van der Waals surface area contributed by atoms with E-state index in [9.17, 15) is 4.79 Å². The predicted octanol–water partition coefficient (Wildman–Crippen LogP) is 5.54. The molecule has 0 aliphatic rings. The molecule has 134 valence electrons. The van der Waals surface area contributed by atoms with Gasteiger partial charge >= 0.3 is 0 Å². The minimum absolute atomic E-state index is 0.238. The van der Waals surface area contributed by atoms with Crippen LogP contribution in [0.5, 0.6) is 11.5 Å². The first-order chi connectivity index (χ1) is 11.8. The van der Waals surface area contributed by atoms with Crippen molar-refractivity contribution in [3.63, 3.8) is 0 Å². The van der Waals surface area contributed by atoms with Crippen LogP contribution in [0.1, 0.15) is 20.8 Å². The molecule has 25 heavy (non-hydrogen) atoms. The van der Waals surface area contributed by atoms with Gasteiger partial charge in [-0.15, -0.1) is 0 Å². The second-order valence-corrected chi connectivity index (χ2v) is 7.34. The van der Waals surface area contributed by atoms with Crippen LogP contribution in [0.2, 0.25) is 5.02 Å². The molecule has 0 fully saturated rings. The summed E-state index contributed by atoms with van der Waals surface area (Å²) in [5.74, 6) is 1.56. The Morgan fingerprint density at radius 1 is 1.16 bits per heavy atom. The van der Waals surface area contributed by atoms with Gasteiger partial charge < -0.3 is 14.8 Å². The van der Waals surface area contributed by atoms with Gasteiger partial charge in [0.05, 0.1) is 11.1 Å². The highest BCUT2D eigenvalue weighted by atomic mass is 79.9. The van der Waals surface area contributed by atoms with Crippen LogP contribution in [-0.4, -0.2) is 18.6 Å². The topological polar surface area (TPSA) is 47.6 Å². The average molecular weight is 427 g/mol. The number of hydrogen-bond acceptors (Lipinski definition) is 3. The summed E-state index contributed by atoms with van der Waals surface area (Å²) in [5, 5.41) is 3.42. The zero-order valence-electron chi connectivity index (χ0n) is 14.4. The van der Waals surface area contributed by atoms with E-state index >= 15 is 0 Å². The average Bonchev–Trinajstić information content (AvgIpc) is 2.56. The van der Waals surface area contributed by atoms with E-state index in [1.807, 2.05) is 12.1 Å². The van der Waals surface area contributed by atoms with Crippen molar-refractivity contribution in [3.8, 4) is 11.5 Å². The number of hydrogen-bond donors (Lipinski definition) is 1. The Labute approximate surface area is 161 Å². The largest absolute Gasteiger partial charge is 0.493 e. The first-order valence-electron chi connectivity index (χ1n) is 8.00. The van der Waals surface area contributed by atoms with E-state index < -0.39 is 6.10 Å². The SMILES string of the molecule is CC(C)COc1ccc(NC(=O)C(C)Oc2ccc(Cl)cc2Br)cc1. The molecular weight excluding hydrogens is 406 g/mol. The van der Waals surface area contributed by atoms with Gasteiger partial charge in [-0.25, -0.2) is 0 Å². The van der Waals surface area contributed by atoms with Crippen LogP contribution in [0, 0.1) is 5.92 Å². The third-order valence-electron chi connectivity index (χ3n) is 3.27. The fourth-order valence-corrected chi connectivity index (χ4v) is 2.73. The lowest BCUT2D eigenvalue weighted by molar-refractivity contribution is -0.122. The van der Waals surface area contributed by atoms with Crippen molar-refractivity contribution >= 4 is 39.1 Å². The van der Waals surface area contributed by atoms with Crippen LogP contribution >= 0.6 is 27.5 Å². The quantitative estimate of drug-likeness (QED) is 0.632. The minimum Gasteiger partial charge on any atom is -0.493 e. The maximum absolute atomic E-state index is 12.3. The molecule has 0 aliphatic heterocycles. The van der Waals surface area contributed by atoms with Gasteiger partial charge in [0.25, 0.3) is 5.91 Å². The predicted molar refractivity (Wildman–Crippen MR) is 105 cm³/mol.